The van der Waals surface area contributed by atoms with Crippen molar-refractivity contribution >= 4 is 23.2 Å². The molecule has 0 aromatic carbocycles. The van der Waals surface area contributed by atoms with E-state index in [-0.39, 0.29) is 17.7 Å². The first-order valence-corrected chi connectivity index (χ1v) is 6.45. The summed E-state index contributed by atoms with van der Waals surface area (Å²) in [4.78, 5) is 23.7. The Morgan fingerprint density at radius 1 is 1.35 bits per heavy atom. The molecule has 0 radical (unpaired) electrons. The Morgan fingerprint density at radius 2 is 2.12 bits per heavy atom. The zero-order valence-electron chi connectivity index (χ0n) is 9.36. The van der Waals surface area contributed by atoms with Crippen molar-refractivity contribution in [1.29, 1.82) is 0 Å². The van der Waals surface area contributed by atoms with Crippen molar-refractivity contribution < 1.29 is 9.59 Å². The number of carbonyl (C=O) groups excluding carboxylic acids is 2. The Bertz CT molecular complexity index is 387. The third kappa shape index (κ3) is 3.28. The molecule has 0 atom stereocenters. The summed E-state index contributed by atoms with van der Waals surface area (Å²) < 4.78 is 0. The zero-order chi connectivity index (χ0) is 12.1. The van der Waals surface area contributed by atoms with Crippen molar-refractivity contribution in [2.45, 2.75) is 0 Å². The molecule has 5 nitrogen and oxygen atoms in total. The molecule has 1 aliphatic rings. The molecule has 0 unspecified atom stereocenters. The highest BCUT2D eigenvalue weighted by molar-refractivity contribution is 7.12. The number of carbonyl (C=O) groups is 2. The van der Waals surface area contributed by atoms with Gasteiger partial charge in [-0.3, -0.25) is 9.59 Å². The highest BCUT2D eigenvalue weighted by atomic mass is 32.1. The predicted octanol–water partition coefficient (Wildman–Crippen LogP) is -0.186. The molecular weight excluding hydrogens is 238 g/mol. The Kier molecular flexibility index (Phi) is 4.11. The van der Waals surface area contributed by atoms with E-state index in [1.54, 1.807) is 6.07 Å². The summed E-state index contributed by atoms with van der Waals surface area (Å²) in [7, 11) is 0. The van der Waals surface area contributed by atoms with Gasteiger partial charge in [0.15, 0.2) is 0 Å². The molecule has 2 heterocycles. The second-order valence-corrected chi connectivity index (χ2v) is 4.83. The van der Waals surface area contributed by atoms with Gasteiger partial charge in [0.25, 0.3) is 5.91 Å². The minimum atomic E-state index is -0.0837. The van der Waals surface area contributed by atoms with Crippen LogP contribution in [0.1, 0.15) is 9.67 Å². The van der Waals surface area contributed by atoms with Gasteiger partial charge < -0.3 is 16.0 Å². The molecule has 92 valence electrons. The molecule has 1 aromatic heterocycles. The van der Waals surface area contributed by atoms with E-state index in [4.69, 9.17) is 0 Å². The minimum absolute atomic E-state index is 0.0640. The third-order valence-electron chi connectivity index (χ3n) is 2.61. The van der Waals surface area contributed by atoms with Crippen molar-refractivity contribution in [3.8, 4) is 0 Å². The fourth-order valence-electron chi connectivity index (χ4n) is 1.48. The molecular formula is C11H15N3O2S. The Hall–Kier alpha value is -1.40. The van der Waals surface area contributed by atoms with Crippen LogP contribution in [-0.2, 0) is 4.79 Å². The average Bonchev–Trinajstić information content (AvgIpc) is 2.74. The van der Waals surface area contributed by atoms with Gasteiger partial charge in [0.1, 0.15) is 0 Å². The van der Waals surface area contributed by atoms with Crippen LogP contribution >= 0.6 is 11.3 Å². The summed E-state index contributed by atoms with van der Waals surface area (Å²) in [5.41, 5.74) is 0. The number of thiophene rings is 1. The van der Waals surface area contributed by atoms with E-state index in [9.17, 15) is 9.59 Å². The molecule has 17 heavy (non-hydrogen) atoms. The van der Waals surface area contributed by atoms with E-state index in [0.717, 1.165) is 13.1 Å². The van der Waals surface area contributed by atoms with Crippen LogP contribution < -0.4 is 16.0 Å². The molecule has 0 spiro atoms. The quantitative estimate of drug-likeness (QED) is 0.637. The van der Waals surface area contributed by atoms with E-state index in [0.29, 0.717) is 18.0 Å². The number of hydrogen-bond donors (Lipinski definition) is 3. The van der Waals surface area contributed by atoms with Crippen LogP contribution in [0.25, 0.3) is 0 Å². The van der Waals surface area contributed by atoms with Gasteiger partial charge in [-0.1, -0.05) is 6.07 Å². The van der Waals surface area contributed by atoms with Gasteiger partial charge in [0, 0.05) is 26.2 Å². The van der Waals surface area contributed by atoms with Gasteiger partial charge in [-0.15, -0.1) is 11.3 Å². The predicted molar refractivity (Wildman–Crippen MR) is 66.0 cm³/mol. The normalized spacial score (nSPS) is 15.1. The van der Waals surface area contributed by atoms with Crippen molar-refractivity contribution in [1.82, 2.24) is 16.0 Å². The van der Waals surface area contributed by atoms with Crippen LogP contribution in [0.5, 0.6) is 0 Å². The molecule has 2 rings (SSSR count). The van der Waals surface area contributed by atoms with Crippen molar-refractivity contribution in [2.24, 2.45) is 5.92 Å². The zero-order valence-corrected chi connectivity index (χ0v) is 10.2. The highest BCUT2D eigenvalue weighted by Crippen LogP contribution is 2.07. The van der Waals surface area contributed by atoms with Crippen LogP contribution in [0.3, 0.4) is 0 Å². The molecule has 1 saturated heterocycles. The fraction of sp³-hybridized carbons (Fsp3) is 0.455. The topological polar surface area (TPSA) is 70.2 Å². The standard InChI is InChI=1S/C11H15N3O2S/c15-10(8-6-12-7-8)13-3-4-14-11(16)9-2-1-5-17-9/h1-2,5,8,12H,3-4,6-7H2,(H,13,15)(H,14,16). The van der Waals surface area contributed by atoms with Crippen LogP contribution in [-0.4, -0.2) is 38.0 Å². The lowest BCUT2D eigenvalue weighted by Crippen LogP contribution is -2.51. The molecule has 0 bridgehead atoms. The average molecular weight is 253 g/mol. The first kappa shape index (κ1) is 12.1. The maximum absolute atomic E-state index is 11.5. The van der Waals surface area contributed by atoms with Crippen LogP contribution in [0.15, 0.2) is 17.5 Å². The van der Waals surface area contributed by atoms with E-state index in [2.05, 4.69) is 16.0 Å². The van der Waals surface area contributed by atoms with E-state index >= 15 is 0 Å². The van der Waals surface area contributed by atoms with Gasteiger partial charge >= 0.3 is 0 Å². The second-order valence-electron chi connectivity index (χ2n) is 3.88. The Morgan fingerprint density at radius 3 is 2.71 bits per heavy atom. The van der Waals surface area contributed by atoms with Crippen LogP contribution in [0, 0.1) is 5.92 Å². The van der Waals surface area contributed by atoms with Crippen LogP contribution in [0.4, 0.5) is 0 Å². The number of rotatable bonds is 5. The third-order valence-corrected chi connectivity index (χ3v) is 3.48. The molecule has 2 amide bonds. The lowest BCUT2D eigenvalue weighted by molar-refractivity contribution is -0.126. The number of nitrogens with one attached hydrogen (secondary N) is 3. The molecule has 1 aliphatic heterocycles. The molecule has 0 saturated carbocycles. The molecule has 3 N–H and O–H groups in total. The molecule has 1 fully saturated rings. The summed E-state index contributed by atoms with van der Waals surface area (Å²) in [6.45, 7) is 2.45. The number of hydrogen-bond acceptors (Lipinski definition) is 4. The maximum Gasteiger partial charge on any atom is 0.261 e. The second kappa shape index (κ2) is 5.79. The SMILES string of the molecule is O=C(NCCNC(=O)C1CNC1)c1cccs1. The van der Waals surface area contributed by atoms with Gasteiger partial charge in [-0.25, -0.2) is 0 Å². The maximum atomic E-state index is 11.5. The molecule has 6 heteroatoms. The number of amides is 2. The lowest BCUT2D eigenvalue weighted by Gasteiger charge is -2.25. The van der Waals surface area contributed by atoms with E-state index < -0.39 is 0 Å². The largest absolute Gasteiger partial charge is 0.354 e. The van der Waals surface area contributed by atoms with Crippen molar-refractivity contribution in [3.63, 3.8) is 0 Å². The van der Waals surface area contributed by atoms with Crippen molar-refractivity contribution in [2.75, 3.05) is 26.2 Å². The first-order valence-electron chi connectivity index (χ1n) is 5.57. The summed E-state index contributed by atoms with van der Waals surface area (Å²) in [6, 6.07) is 3.61. The van der Waals surface area contributed by atoms with Gasteiger partial charge in [-0.05, 0) is 11.4 Å². The lowest BCUT2D eigenvalue weighted by atomic mass is 10.0. The first-order chi connectivity index (χ1) is 8.27. The summed E-state index contributed by atoms with van der Waals surface area (Å²) in [5.74, 6) is 0.0803. The van der Waals surface area contributed by atoms with Gasteiger partial charge in [0.05, 0.1) is 10.8 Å². The Labute approximate surface area is 104 Å². The monoisotopic (exact) mass is 253 g/mol. The fourth-order valence-corrected chi connectivity index (χ4v) is 2.12. The molecule has 0 aliphatic carbocycles. The molecule has 1 aromatic rings. The summed E-state index contributed by atoms with van der Waals surface area (Å²) in [6.07, 6.45) is 0. The smallest absolute Gasteiger partial charge is 0.261 e. The highest BCUT2D eigenvalue weighted by Gasteiger charge is 2.24. The Balaban J connectivity index is 1.60. The summed E-state index contributed by atoms with van der Waals surface area (Å²) >= 11 is 1.41. The van der Waals surface area contributed by atoms with Gasteiger partial charge in [-0.2, -0.15) is 0 Å². The van der Waals surface area contributed by atoms with Crippen molar-refractivity contribution in [3.05, 3.63) is 22.4 Å². The van der Waals surface area contributed by atoms with E-state index in [1.807, 2.05) is 11.4 Å². The van der Waals surface area contributed by atoms with E-state index in [1.165, 1.54) is 11.3 Å². The summed E-state index contributed by atoms with van der Waals surface area (Å²) in [5, 5.41) is 10.5. The minimum Gasteiger partial charge on any atom is -0.354 e. The van der Waals surface area contributed by atoms with Crippen LogP contribution in [0.2, 0.25) is 0 Å². The van der Waals surface area contributed by atoms with Gasteiger partial charge in [0.2, 0.25) is 5.91 Å².